The predicted octanol–water partition coefficient (Wildman–Crippen LogP) is 2.19. The molecular weight excluding hydrogens is 366 g/mol. The highest BCUT2D eigenvalue weighted by atomic mass is 16.4. The molecule has 0 aromatic heterocycles. The Hall–Kier alpha value is -0.730. The first-order valence-electron chi connectivity index (χ1n) is 12.8. The molecule has 1 aliphatic heterocycles. The molecule has 0 bridgehead atoms. The summed E-state index contributed by atoms with van der Waals surface area (Å²) in [6.07, 6.45) is 0. The largest absolute Gasteiger partial charge is 0.480 e. The quantitative estimate of drug-likeness (QED) is 0.643. The third-order valence-corrected chi connectivity index (χ3v) is 5.97. The minimum atomic E-state index is -0.727. The highest BCUT2D eigenvalue weighted by molar-refractivity contribution is 5.69. The third-order valence-electron chi connectivity index (χ3n) is 5.97. The molecule has 1 fully saturated rings. The maximum atomic E-state index is 11.1. The van der Waals surface area contributed by atoms with Crippen molar-refractivity contribution in [3.63, 3.8) is 0 Å². The average Bonchev–Trinajstić information content (AvgIpc) is 2.78. The molecule has 29 heavy (non-hydrogen) atoms. The number of carboxylic acid groups (broad SMARTS) is 1. The molecule has 1 N–H and O–H groups in total. The van der Waals surface area contributed by atoms with Crippen LogP contribution in [0.5, 0.6) is 0 Å². The zero-order valence-corrected chi connectivity index (χ0v) is 20.2. The molecule has 0 aliphatic carbocycles. The minimum absolute atomic E-state index is 0. The lowest BCUT2D eigenvalue weighted by atomic mass is 10.3. The lowest BCUT2D eigenvalue weighted by Crippen LogP contribution is -2.46. The second-order valence-corrected chi connectivity index (χ2v) is 7.59. The Morgan fingerprint density at radius 1 is 0.690 bits per heavy atom. The fourth-order valence-corrected chi connectivity index (χ4v) is 3.55. The maximum absolute atomic E-state index is 11.1. The van der Waals surface area contributed by atoms with Gasteiger partial charge in [-0.1, -0.05) is 41.5 Å². The molecule has 0 unspecified atom stereocenters. The molecule has 1 aliphatic rings. The van der Waals surface area contributed by atoms with E-state index in [1.54, 1.807) is 0 Å². The number of rotatable bonds is 8. The van der Waals surface area contributed by atoms with Crippen molar-refractivity contribution in [3.8, 4) is 0 Å². The molecule has 1 saturated heterocycles. The molecule has 7 heteroatoms. The van der Waals surface area contributed by atoms with Crippen LogP contribution in [0, 0.1) is 0 Å². The van der Waals surface area contributed by atoms with Gasteiger partial charge in [0.25, 0.3) is 0 Å². The molecule has 0 amide bonds. The second kappa shape index (κ2) is 18.1. The van der Waals surface area contributed by atoms with Crippen LogP contribution in [0.4, 0.5) is 0 Å². The summed E-state index contributed by atoms with van der Waals surface area (Å²) in [7, 11) is 0. The van der Waals surface area contributed by atoms with Gasteiger partial charge in [0.15, 0.2) is 0 Å². The SMILES string of the molecule is CCN(CC)CC.CCN1CCN(CC)CCN(CC(=O)O)CCN(CC)CC1.[2HH].[2H][2H]. The number of hydrogen-bond donors (Lipinski definition) is 1. The van der Waals surface area contributed by atoms with Gasteiger partial charge < -0.3 is 24.7 Å². The highest BCUT2D eigenvalue weighted by Gasteiger charge is 2.16. The van der Waals surface area contributed by atoms with E-state index < -0.39 is 5.97 Å². The van der Waals surface area contributed by atoms with Gasteiger partial charge in [0.2, 0.25) is 0 Å². The van der Waals surface area contributed by atoms with Gasteiger partial charge in [-0.15, -0.1) is 0 Å². The summed E-state index contributed by atoms with van der Waals surface area (Å²) in [5, 5.41) is 9.09. The fourth-order valence-electron chi connectivity index (χ4n) is 3.55. The number of carbonyl (C=O) groups is 1. The number of carboxylic acids is 1. The lowest BCUT2D eigenvalue weighted by molar-refractivity contribution is -0.138. The fraction of sp³-hybridized carbons (Fsp3) is 0.955. The summed E-state index contributed by atoms with van der Waals surface area (Å²) >= 11 is 0. The van der Waals surface area contributed by atoms with Crippen molar-refractivity contribution < 1.29 is 14.3 Å². The van der Waals surface area contributed by atoms with Gasteiger partial charge in [-0.05, 0) is 39.3 Å². The van der Waals surface area contributed by atoms with Crippen LogP contribution in [-0.2, 0) is 4.79 Å². The van der Waals surface area contributed by atoms with E-state index in [4.69, 9.17) is 8.08 Å². The summed E-state index contributed by atoms with van der Waals surface area (Å²) in [6, 6.07) is 0. The third kappa shape index (κ3) is 14.0. The summed E-state index contributed by atoms with van der Waals surface area (Å²) in [5.41, 5.74) is 0. The number of hydrogen-bond acceptors (Lipinski definition) is 6. The monoisotopic (exact) mass is 422 g/mol. The van der Waals surface area contributed by atoms with E-state index in [0.717, 1.165) is 72.0 Å². The number of likely N-dealkylation sites (N-methyl/N-ethyl adjacent to an activating group) is 3. The van der Waals surface area contributed by atoms with E-state index in [2.05, 4.69) is 66.0 Å². The van der Waals surface area contributed by atoms with E-state index in [-0.39, 0.29) is 7.97 Å². The van der Waals surface area contributed by atoms with Gasteiger partial charge >= 0.3 is 5.97 Å². The van der Waals surface area contributed by atoms with Gasteiger partial charge in [0, 0.05) is 56.8 Å². The Kier molecular flexibility index (Phi) is 16.4. The topological polar surface area (TPSA) is 53.5 Å². The Morgan fingerprint density at radius 3 is 1.14 bits per heavy atom. The average molecular weight is 423 g/mol. The first-order valence-corrected chi connectivity index (χ1v) is 11.8. The standard InChI is InChI=1S/C16H34N4O2.C6H15N.2H2/c1-4-17-7-9-18(5-2)11-13-20(15-16(21)22)14-12-19(6-3)10-8-17;1-4-7(5-2)6-3;;/h4-15H2,1-3H3,(H,21,22);4-6H2,1-3H3;2*1H/i;;1+1D;1+1. The number of nitrogens with zero attached hydrogens (tertiary/aromatic N) is 5. The maximum Gasteiger partial charge on any atom is 0.317 e. The molecule has 0 saturated carbocycles. The second-order valence-electron chi connectivity index (χ2n) is 7.59. The lowest BCUT2D eigenvalue weighted by Gasteiger charge is -2.32. The molecule has 0 atom stereocenters. The highest BCUT2D eigenvalue weighted by Crippen LogP contribution is 2.00. The van der Waals surface area contributed by atoms with E-state index in [9.17, 15) is 4.79 Å². The minimum Gasteiger partial charge on any atom is -0.480 e. The van der Waals surface area contributed by atoms with E-state index in [1.807, 2.05) is 0 Å². The van der Waals surface area contributed by atoms with Crippen LogP contribution in [-0.4, -0.2) is 134 Å². The zero-order valence-electron chi connectivity index (χ0n) is 22.2. The molecule has 0 aromatic rings. The van der Waals surface area contributed by atoms with Gasteiger partial charge in [0.1, 0.15) is 0 Å². The molecular formula is C22H53N5O2. The Labute approximate surface area is 185 Å². The van der Waals surface area contributed by atoms with E-state index >= 15 is 0 Å². The van der Waals surface area contributed by atoms with E-state index in [0.29, 0.717) is 0 Å². The first kappa shape index (κ1) is 26.3. The van der Waals surface area contributed by atoms with Crippen molar-refractivity contribution in [2.75, 3.05) is 98.2 Å². The normalized spacial score (nSPS) is 19.6. The van der Waals surface area contributed by atoms with Gasteiger partial charge in [-0.25, -0.2) is 0 Å². The van der Waals surface area contributed by atoms with Gasteiger partial charge in [-0.2, -0.15) is 0 Å². The van der Waals surface area contributed by atoms with Crippen LogP contribution in [0.2, 0.25) is 0 Å². The van der Waals surface area contributed by atoms with Crippen LogP contribution < -0.4 is 0 Å². The zero-order chi connectivity index (χ0) is 24.1. The molecule has 7 nitrogen and oxygen atoms in total. The summed E-state index contributed by atoms with van der Waals surface area (Å²) in [6.45, 7) is 27.9. The van der Waals surface area contributed by atoms with Crippen LogP contribution in [0.25, 0.3) is 0 Å². The van der Waals surface area contributed by atoms with Crippen LogP contribution in [0.3, 0.4) is 0 Å². The summed E-state index contributed by atoms with van der Waals surface area (Å²) in [5.74, 6) is -0.727. The molecule has 178 valence electrons. The van der Waals surface area contributed by atoms with Crippen molar-refractivity contribution in [3.05, 3.63) is 0 Å². The van der Waals surface area contributed by atoms with Crippen molar-refractivity contribution in [1.29, 1.82) is 0 Å². The molecule has 1 rings (SSSR count). The first-order chi connectivity index (χ1) is 14.9. The molecule has 1 heterocycles. The smallest absolute Gasteiger partial charge is 0.317 e. The van der Waals surface area contributed by atoms with Crippen molar-refractivity contribution in [2.45, 2.75) is 41.5 Å². The van der Waals surface area contributed by atoms with Crippen molar-refractivity contribution in [1.82, 2.24) is 24.5 Å². The van der Waals surface area contributed by atoms with Crippen LogP contribution in [0.15, 0.2) is 0 Å². The Bertz CT molecular complexity index is 382. The Morgan fingerprint density at radius 2 is 0.966 bits per heavy atom. The number of aliphatic carboxylic acids is 1. The molecule has 0 aromatic carbocycles. The Balaban J connectivity index is -0.000000717. The van der Waals surface area contributed by atoms with E-state index in [1.165, 1.54) is 19.6 Å². The summed E-state index contributed by atoms with van der Waals surface area (Å²) < 4.78 is 10.0. The van der Waals surface area contributed by atoms with Crippen LogP contribution >= 0.6 is 0 Å². The van der Waals surface area contributed by atoms with Crippen LogP contribution in [0.1, 0.15) is 45.9 Å². The van der Waals surface area contributed by atoms with Gasteiger partial charge in [-0.3, -0.25) is 9.69 Å². The van der Waals surface area contributed by atoms with Gasteiger partial charge in [0.05, 0.1) is 6.54 Å². The molecule has 0 spiro atoms. The van der Waals surface area contributed by atoms with Crippen molar-refractivity contribution in [2.24, 2.45) is 0 Å². The summed E-state index contributed by atoms with van der Waals surface area (Å²) in [4.78, 5) is 22.9. The van der Waals surface area contributed by atoms with Crippen molar-refractivity contribution >= 4 is 5.97 Å². The predicted molar refractivity (Wildman–Crippen MR) is 128 cm³/mol. The molecule has 0 radical (unpaired) electrons.